The molecule has 1 fully saturated rings. The number of carbonyl (C=O) groups is 1. The van der Waals surface area contributed by atoms with Gasteiger partial charge in [-0.2, -0.15) is 0 Å². The van der Waals surface area contributed by atoms with Gasteiger partial charge >= 0.3 is 0 Å². The van der Waals surface area contributed by atoms with Crippen molar-refractivity contribution in [1.82, 2.24) is 5.32 Å². The molecule has 0 saturated heterocycles. The first-order valence-corrected chi connectivity index (χ1v) is 7.92. The quantitative estimate of drug-likeness (QED) is 0.893. The molecule has 2 rings (SSSR count). The van der Waals surface area contributed by atoms with Gasteiger partial charge in [0.1, 0.15) is 0 Å². The van der Waals surface area contributed by atoms with Gasteiger partial charge < -0.3 is 10.4 Å². The molecule has 0 bridgehead atoms. The van der Waals surface area contributed by atoms with Crippen molar-refractivity contribution in [3.63, 3.8) is 0 Å². The first-order chi connectivity index (χ1) is 9.92. The Balaban J connectivity index is 1.95. The molecule has 3 heteroatoms. The second-order valence-electron chi connectivity index (χ2n) is 7.01. The standard InChI is InChI=1S/C18H27NO2/c1-13-8-7-11-18(2,3)16(13)17(21)19-12-15(20)14-9-5-4-6-10-14/h4-6,9-10,13,15-16,20H,7-8,11-12H2,1-3H3,(H,19,21)/t13?,15-,16+/m0/s1. The fourth-order valence-electron chi connectivity index (χ4n) is 3.69. The lowest BCUT2D eigenvalue weighted by atomic mass is 9.64. The third-order valence-electron chi connectivity index (χ3n) is 4.83. The van der Waals surface area contributed by atoms with Gasteiger partial charge in [0.2, 0.25) is 5.91 Å². The highest BCUT2D eigenvalue weighted by molar-refractivity contribution is 5.79. The molecule has 0 spiro atoms. The monoisotopic (exact) mass is 289 g/mol. The molecule has 0 radical (unpaired) electrons. The maximum absolute atomic E-state index is 12.5. The zero-order valence-corrected chi connectivity index (χ0v) is 13.3. The van der Waals surface area contributed by atoms with E-state index in [-0.39, 0.29) is 23.8 Å². The summed E-state index contributed by atoms with van der Waals surface area (Å²) in [4.78, 5) is 12.5. The molecular weight excluding hydrogens is 262 g/mol. The molecule has 2 N–H and O–H groups in total. The van der Waals surface area contributed by atoms with Crippen LogP contribution in [0, 0.1) is 17.3 Å². The van der Waals surface area contributed by atoms with Crippen molar-refractivity contribution in [3.05, 3.63) is 35.9 Å². The summed E-state index contributed by atoms with van der Waals surface area (Å²) in [5, 5.41) is 13.1. The van der Waals surface area contributed by atoms with E-state index in [1.54, 1.807) is 0 Å². The van der Waals surface area contributed by atoms with Gasteiger partial charge in [0.25, 0.3) is 0 Å². The predicted molar refractivity (Wildman–Crippen MR) is 84.7 cm³/mol. The summed E-state index contributed by atoms with van der Waals surface area (Å²) in [5.41, 5.74) is 0.883. The molecule has 116 valence electrons. The topological polar surface area (TPSA) is 49.3 Å². The van der Waals surface area contributed by atoms with Crippen LogP contribution in [0.15, 0.2) is 30.3 Å². The maximum atomic E-state index is 12.5. The highest BCUT2D eigenvalue weighted by atomic mass is 16.3. The Bertz CT molecular complexity index is 469. The average Bonchev–Trinajstić information content (AvgIpc) is 2.44. The molecule has 1 aliphatic carbocycles. The van der Waals surface area contributed by atoms with Crippen molar-refractivity contribution >= 4 is 5.91 Å². The summed E-state index contributed by atoms with van der Waals surface area (Å²) in [6.45, 7) is 6.81. The van der Waals surface area contributed by atoms with Crippen molar-refractivity contribution in [1.29, 1.82) is 0 Å². The summed E-state index contributed by atoms with van der Waals surface area (Å²) < 4.78 is 0. The first-order valence-electron chi connectivity index (χ1n) is 7.92. The second kappa shape index (κ2) is 6.61. The highest BCUT2D eigenvalue weighted by Gasteiger charge is 2.41. The van der Waals surface area contributed by atoms with E-state index in [0.717, 1.165) is 18.4 Å². The van der Waals surface area contributed by atoms with E-state index in [2.05, 4.69) is 26.1 Å². The third kappa shape index (κ3) is 3.85. The van der Waals surface area contributed by atoms with E-state index in [9.17, 15) is 9.90 Å². The Morgan fingerprint density at radius 1 is 1.38 bits per heavy atom. The fraction of sp³-hybridized carbons (Fsp3) is 0.611. The van der Waals surface area contributed by atoms with Gasteiger partial charge in [-0.3, -0.25) is 4.79 Å². The first kappa shape index (κ1) is 16.0. The van der Waals surface area contributed by atoms with Crippen LogP contribution in [0.25, 0.3) is 0 Å². The Hall–Kier alpha value is -1.35. The molecule has 3 nitrogen and oxygen atoms in total. The smallest absolute Gasteiger partial charge is 0.224 e. The average molecular weight is 289 g/mol. The van der Waals surface area contributed by atoms with Gasteiger partial charge in [-0.25, -0.2) is 0 Å². The molecular formula is C18H27NO2. The Labute approximate surface area is 127 Å². The number of aliphatic hydroxyl groups excluding tert-OH is 1. The molecule has 1 aromatic carbocycles. The van der Waals surface area contributed by atoms with Gasteiger partial charge in [-0.15, -0.1) is 0 Å². The molecule has 1 unspecified atom stereocenters. The van der Waals surface area contributed by atoms with Crippen LogP contribution in [0.3, 0.4) is 0 Å². The lowest BCUT2D eigenvalue weighted by Crippen LogP contribution is -2.45. The highest BCUT2D eigenvalue weighted by Crippen LogP contribution is 2.43. The molecule has 21 heavy (non-hydrogen) atoms. The number of aliphatic hydroxyl groups is 1. The number of nitrogens with one attached hydrogen (secondary N) is 1. The van der Waals surface area contributed by atoms with Crippen molar-refractivity contribution in [2.45, 2.75) is 46.1 Å². The van der Waals surface area contributed by atoms with Crippen LogP contribution in [-0.4, -0.2) is 17.6 Å². The van der Waals surface area contributed by atoms with E-state index in [0.29, 0.717) is 5.92 Å². The zero-order chi connectivity index (χ0) is 15.5. The maximum Gasteiger partial charge on any atom is 0.224 e. The van der Waals surface area contributed by atoms with Crippen LogP contribution >= 0.6 is 0 Å². The summed E-state index contributed by atoms with van der Waals surface area (Å²) in [7, 11) is 0. The Kier molecular flexibility index (Phi) is 5.04. The molecule has 3 atom stereocenters. The van der Waals surface area contributed by atoms with Crippen LogP contribution in [0.4, 0.5) is 0 Å². The van der Waals surface area contributed by atoms with Gasteiger partial charge in [0.05, 0.1) is 6.10 Å². The van der Waals surface area contributed by atoms with E-state index in [1.165, 1.54) is 6.42 Å². The number of carbonyl (C=O) groups excluding carboxylic acids is 1. The summed E-state index contributed by atoms with van der Waals surface area (Å²) >= 11 is 0. The van der Waals surface area contributed by atoms with Crippen LogP contribution in [0.1, 0.15) is 51.7 Å². The minimum atomic E-state index is -0.642. The van der Waals surface area contributed by atoms with Crippen molar-refractivity contribution in [2.75, 3.05) is 6.54 Å². The number of hydrogen-bond acceptors (Lipinski definition) is 2. The molecule has 1 amide bonds. The second-order valence-corrected chi connectivity index (χ2v) is 7.01. The number of amides is 1. The molecule has 1 saturated carbocycles. The molecule has 0 heterocycles. The van der Waals surface area contributed by atoms with Gasteiger partial charge in [-0.1, -0.05) is 57.5 Å². The third-order valence-corrected chi connectivity index (χ3v) is 4.83. The van der Waals surface area contributed by atoms with Crippen LogP contribution in [-0.2, 0) is 4.79 Å². The Morgan fingerprint density at radius 2 is 2.05 bits per heavy atom. The minimum absolute atomic E-state index is 0.0363. The summed E-state index contributed by atoms with van der Waals surface area (Å²) in [6, 6.07) is 9.47. The summed E-state index contributed by atoms with van der Waals surface area (Å²) in [6.07, 6.45) is 2.77. The van der Waals surface area contributed by atoms with E-state index in [4.69, 9.17) is 0 Å². The lowest BCUT2D eigenvalue weighted by molar-refractivity contribution is -0.133. The molecule has 0 aromatic heterocycles. The number of hydrogen-bond donors (Lipinski definition) is 2. The van der Waals surface area contributed by atoms with Crippen molar-refractivity contribution in [3.8, 4) is 0 Å². The molecule has 0 aliphatic heterocycles. The van der Waals surface area contributed by atoms with Crippen LogP contribution < -0.4 is 5.32 Å². The van der Waals surface area contributed by atoms with E-state index >= 15 is 0 Å². The van der Waals surface area contributed by atoms with E-state index < -0.39 is 6.10 Å². The van der Waals surface area contributed by atoms with Gasteiger partial charge in [0.15, 0.2) is 0 Å². The lowest BCUT2D eigenvalue weighted by Gasteiger charge is -2.41. The fourth-order valence-corrected chi connectivity index (χ4v) is 3.69. The minimum Gasteiger partial charge on any atom is -0.387 e. The van der Waals surface area contributed by atoms with Crippen molar-refractivity contribution in [2.24, 2.45) is 17.3 Å². The zero-order valence-electron chi connectivity index (χ0n) is 13.3. The number of rotatable bonds is 4. The van der Waals surface area contributed by atoms with Crippen molar-refractivity contribution < 1.29 is 9.90 Å². The number of benzene rings is 1. The van der Waals surface area contributed by atoms with Crippen LogP contribution in [0.5, 0.6) is 0 Å². The molecule has 1 aromatic rings. The summed E-state index contributed by atoms with van der Waals surface area (Å²) in [5.74, 6) is 0.527. The Morgan fingerprint density at radius 3 is 2.67 bits per heavy atom. The SMILES string of the molecule is CC1CCCC(C)(C)[C@H]1C(=O)NC[C@H](O)c1ccccc1. The van der Waals surface area contributed by atoms with Gasteiger partial charge in [0, 0.05) is 12.5 Å². The predicted octanol–water partition coefficient (Wildman–Crippen LogP) is 3.30. The van der Waals surface area contributed by atoms with E-state index in [1.807, 2.05) is 30.3 Å². The van der Waals surface area contributed by atoms with Crippen LogP contribution in [0.2, 0.25) is 0 Å². The normalized spacial score (nSPS) is 26.1. The molecule has 1 aliphatic rings. The largest absolute Gasteiger partial charge is 0.387 e. The van der Waals surface area contributed by atoms with Gasteiger partial charge in [-0.05, 0) is 29.7 Å².